The average molecular weight is 258 g/mol. The summed E-state index contributed by atoms with van der Waals surface area (Å²) < 4.78 is 0. The predicted molar refractivity (Wildman–Crippen MR) is 70.2 cm³/mol. The van der Waals surface area contributed by atoms with Crippen LogP contribution >= 0.6 is 11.3 Å². The van der Waals surface area contributed by atoms with Gasteiger partial charge in [0.25, 0.3) is 0 Å². The van der Waals surface area contributed by atoms with E-state index in [0.717, 1.165) is 10.7 Å². The van der Waals surface area contributed by atoms with Gasteiger partial charge in [-0.15, -0.1) is 11.3 Å². The highest BCUT2D eigenvalue weighted by atomic mass is 32.1. The fourth-order valence-electron chi connectivity index (χ4n) is 1.23. The van der Waals surface area contributed by atoms with E-state index in [-0.39, 0.29) is 12.0 Å². The highest BCUT2D eigenvalue weighted by Gasteiger charge is 2.19. The first-order valence-electron chi connectivity index (χ1n) is 5.73. The van der Waals surface area contributed by atoms with Crippen molar-refractivity contribution in [3.63, 3.8) is 0 Å². The van der Waals surface area contributed by atoms with Gasteiger partial charge in [0, 0.05) is 23.9 Å². The molecule has 0 aliphatic carbocycles. The van der Waals surface area contributed by atoms with Gasteiger partial charge in [0.15, 0.2) is 0 Å². The molecule has 98 valence electrons. The number of nitrogens with one attached hydrogen (secondary N) is 1. The summed E-state index contributed by atoms with van der Waals surface area (Å²) in [6.07, 6.45) is 0. The van der Waals surface area contributed by atoms with Crippen LogP contribution < -0.4 is 5.32 Å². The SMILES string of the molecule is CC(O)(CO)CNCc1nc(C(C)(C)C)cs1. The maximum absolute atomic E-state index is 9.61. The molecule has 1 unspecified atom stereocenters. The Bertz CT molecular complexity index is 356. The van der Waals surface area contributed by atoms with Crippen molar-refractivity contribution in [1.82, 2.24) is 10.3 Å². The summed E-state index contributed by atoms with van der Waals surface area (Å²) in [6.45, 7) is 8.74. The second-order valence-corrected chi connectivity index (χ2v) is 6.58. The lowest BCUT2D eigenvalue weighted by Crippen LogP contribution is -2.40. The first-order chi connectivity index (χ1) is 7.74. The molecule has 0 radical (unpaired) electrons. The normalized spacial score (nSPS) is 15.9. The third kappa shape index (κ3) is 4.71. The molecular formula is C12H22N2O2S. The van der Waals surface area contributed by atoms with Crippen LogP contribution in [0.4, 0.5) is 0 Å². The zero-order chi connectivity index (χ0) is 13.1. The summed E-state index contributed by atoms with van der Waals surface area (Å²) in [6, 6.07) is 0. The van der Waals surface area contributed by atoms with Gasteiger partial charge in [0.1, 0.15) is 5.01 Å². The second kappa shape index (κ2) is 5.44. The molecule has 0 spiro atoms. The van der Waals surface area contributed by atoms with Gasteiger partial charge in [-0.2, -0.15) is 0 Å². The molecule has 0 aliphatic heterocycles. The Morgan fingerprint density at radius 3 is 2.47 bits per heavy atom. The standard InChI is InChI=1S/C12H22N2O2S/c1-11(2,3)9-6-17-10(14-9)5-13-7-12(4,16)8-15/h6,13,15-16H,5,7-8H2,1-4H3. The molecule has 5 heteroatoms. The van der Waals surface area contributed by atoms with E-state index in [1.54, 1.807) is 18.3 Å². The van der Waals surface area contributed by atoms with Crippen LogP contribution in [0.25, 0.3) is 0 Å². The lowest BCUT2D eigenvalue weighted by atomic mass is 9.93. The number of aliphatic hydroxyl groups excluding tert-OH is 1. The summed E-state index contributed by atoms with van der Waals surface area (Å²) in [7, 11) is 0. The van der Waals surface area contributed by atoms with Crippen LogP contribution in [0.15, 0.2) is 5.38 Å². The number of nitrogens with zero attached hydrogens (tertiary/aromatic N) is 1. The van der Waals surface area contributed by atoms with Crippen molar-refractivity contribution in [1.29, 1.82) is 0 Å². The van der Waals surface area contributed by atoms with Crippen LogP contribution in [0.5, 0.6) is 0 Å². The number of hydrogen-bond acceptors (Lipinski definition) is 5. The van der Waals surface area contributed by atoms with E-state index >= 15 is 0 Å². The quantitative estimate of drug-likeness (QED) is 0.744. The first kappa shape index (κ1) is 14.6. The number of thiazole rings is 1. The Labute approximate surface area is 107 Å². The number of aromatic nitrogens is 1. The molecular weight excluding hydrogens is 236 g/mol. The van der Waals surface area contributed by atoms with E-state index < -0.39 is 5.60 Å². The molecule has 0 saturated carbocycles. The van der Waals surface area contributed by atoms with E-state index in [2.05, 4.69) is 36.5 Å². The van der Waals surface area contributed by atoms with Gasteiger partial charge in [-0.3, -0.25) is 0 Å². The molecule has 1 rings (SSSR count). The van der Waals surface area contributed by atoms with E-state index in [0.29, 0.717) is 13.1 Å². The van der Waals surface area contributed by atoms with Crippen molar-refractivity contribution in [2.75, 3.05) is 13.2 Å². The van der Waals surface area contributed by atoms with E-state index in [1.165, 1.54) is 0 Å². The van der Waals surface area contributed by atoms with Crippen LogP contribution in [0, 0.1) is 0 Å². The molecule has 0 amide bonds. The molecule has 0 fully saturated rings. The average Bonchev–Trinajstić information content (AvgIpc) is 2.66. The van der Waals surface area contributed by atoms with E-state index in [4.69, 9.17) is 5.11 Å². The summed E-state index contributed by atoms with van der Waals surface area (Å²) in [5.41, 5.74) is 0.100. The maximum atomic E-state index is 9.61. The molecule has 1 aromatic heterocycles. The van der Waals surface area contributed by atoms with Gasteiger partial charge in [-0.1, -0.05) is 20.8 Å². The fourth-order valence-corrected chi connectivity index (χ4v) is 2.22. The number of hydrogen-bond donors (Lipinski definition) is 3. The Kier molecular flexibility index (Phi) is 4.66. The van der Waals surface area contributed by atoms with Crippen LogP contribution in [0.1, 0.15) is 38.4 Å². The van der Waals surface area contributed by atoms with Crippen molar-refractivity contribution in [3.8, 4) is 0 Å². The highest BCUT2D eigenvalue weighted by Crippen LogP contribution is 2.23. The molecule has 0 aliphatic rings. The Morgan fingerprint density at radius 1 is 1.35 bits per heavy atom. The molecule has 1 aromatic rings. The Balaban J connectivity index is 2.46. The van der Waals surface area contributed by atoms with Gasteiger partial charge in [-0.25, -0.2) is 4.98 Å². The lowest BCUT2D eigenvalue weighted by molar-refractivity contribution is 0.00253. The zero-order valence-electron chi connectivity index (χ0n) is 10.9. The molecule has 0 saturated heterocycles. The molecule has 1 atom stereocenters. The number of rotatable bonds is 5. The second-order valence-electron chi connectivity index (χ2n) is 5.64. The van der Waals surface area contributed by atoms with Gasteiger partial charge in [-0.05, 0) is 6.92 Å². The number of aliphatic hydroxyl groups is 2. The van der Waals surface area contributed by atoms with E-state index in [1.807, 2.05) is 0 Å². The van der Waals surface area contributed by atoms with Gasteiger partial charge in [0.05, 0.1) is 17.9 Å². The molecule has 1 heterocycles. The third-order valence-electron chi connectivity index (χ3n) is 2.44. The van der Waals surface area contributed by atoms with Crippen LogP contribution in [0.3, 0.4) is 0 Å². The largest absolute Gasteiger partial charge is 0.393 e. The maximum Gasteiger partial charge on any atom is 0.107 e. The topological polar surface area (TPSA) is 65.4 Å². The minimum atomic E-state index is -1.07. The molecule has 4 nitrogen and oxygen atoms in total. The minimum Gasteiger partial charge on any atom is -0.393 e. The summed E-state index contributed by atoms with van der Waals surface area (Å²) in [5.74, 6) is 0. The summed E-state index contributed by atoms with van der Waals surface area (Å²) in [4.78, 5) is 4.54. The van der Waals surface area contributed by atoms with Crippen molar-refractivity contribution < 1.29 is 10.2 Å². The molecule has 17 heavy (non-hydrogen) atoms. The van der Waals surface area contributed by atoms with E-state index in [9.17, 15) is 5.11 Å². The minimum absolute atomic E-state index is 0.0747. The zero-order valence-corrected chi connectivity index (χ0v) is 11.8. The third-order valence-corrected chi connectivity index (χ3v) is 3.29. The summed E-state index contributed by atoms with van der Waals surface area (Å²) >= 11 is 1.62. The van der Waals surface area contributed by atoms with Gasteiger partial charge in [0.2, 0.25) is 0 Å². The molecule has 0 aromatic carbocycles. The highest BCUT2D eigenvalue weighted by molar-refractivity contribution is 7.09. The smallest absolute Gasteiger partial charge is 0.107 e. The molecule has 0 bridgehead atoms. The van der Waals surface area contributed by atoms with Gasteiger partial charge >= 0.3 is 0 Å². The first-order valence-corrected chi connectivity index (χ1v) is 6.61. The summed E-state index contributed by atoms with van der Waals surface area (Å²) in [5, 5.41) is 24.7. The van der Waals surface area contributed by atoms with Crippen LogP contribution in [-0.2, 0) is 12.0 Å². The Hall–Kier alpha value is -0.490. The van der Waals surface area contributed by atoms with Crippen molar-refractivity contribution >= 4 is 11.3 Å². The molecule has 3 N–H and O–H groups in total. The van der Waals surface area contributed by atoms with Gasteiger partial charge < -0.3 is 15.5 Å². The van der Waals surface area contributed by atoms with Crippen molar-refractivity contribution in [2.45, 2.75) is 45.3 Å². The van der Waals surface area contributed by atoms with Crippen molar-refractivity contribution in [2.24, 2.45) is 0 Å². The van der Waals surface area contributed by atoms with Crippen molar-refractivity contribution in [3.05, 3.63) is 16.1 Å². The predicted octanol–water partition coefficient (Wildman–Crippen LogP) is 1.27. The van der Waals surface area contributed by atoms with Crippen LogP contribution in [0.2, 0.25) is 0 Å². The lowest BCUT2D eigenvalue weighted by Gasteiger charge is -2.20. The fraction of sp³-hybridized carbons (Fsp3) is 0.750. The monoisotopic (exact) mass is 258 g/mol. The Morgan fingerprint density at radius 2 is 2.00 bits per heavy atom. The van der Waals surface area contributed by atoms with Crippen LogP contribution in [-0.4, -0.2) is 33.9 Å².